The van der Waals surface area contributed by atoms with Crippen molar-refractivity contribution in [1.82, 2.24) is 0 Å². The third kappa shape index (κ3) is 3.80. The smallest absolute Gasteiger partial charge is 0.302 e. The molecule has 4 rings (SSSR count). The molecule has 4 aliphatic rings. The van der Waals surface area contributed by atoms with Gasteiger partial charge in [-0.15, -0.1) is 0 Å². The van der Waals surface area contributed by atoms with Crippen LogP contribution in [0.5, 0.6) is 0 Å². The van der Waals surface area contributed by atoms with E-state index in [-0.39, 0.29) is 23.4 Å². The fraction of sp³-hybridized carbons (Fsp3) is 0.870. The molecule has 3 saturated carbocycles. The molecule has 7 atom stereocenters. The lowest BCUT2D eigenvalue weighted by Gasteiger charge is -2.59. The number of rotatable bonds is 4. The number of hydrogen-bond donors (Lipinski definition) is 0. The van der Waals surface area contributed by atoms with Crippen molar-refractivity contribution >= 4 is 16.1 Å². The molecule has 0 aromatic heterocycles. The molecule has 0 N–H and O–H groups in total. The molecule has 0 unspecified atom stereocenters. The Kier molecular flexibility index (Phi) is 5.42. The molecule has 0 heterocycles. The van der Waals surface area contributed by atoms with Crippen molar-refractivity contribution in [2.75, 3.05) is 12.9 Å². The SMILES string of the molecule is CC(=O)O[C@H]1CC[C@@]2(C)[C@H](CC[C@H]3C4=CC[C@H](COS(C)(=O)=O)[C@@]4(C)CC[C@@H]32)C1. The van der Waals surface area contributed by atoms with Crippen LogP contribution in [-0.2, 0) is 23.8 Å². The highest BCUT2D eigenvalue weighted by atomic mass is 32.2. The molecule has 0 saturated heterocycles. The van der Waals surface area contributed by atoms with Gasteiger partial charge in [0.05, 0.1) is 12.9 Å². The summed E-state index contributed by atoms with van der Waals surface area (Å²) in [4.78, 5) is 11.4. The van der Waals surface area contributed by atoms with Crippen LogP contribution in [0.25, 0.3) is 0 Å². The maximum Gasteiger partial charge on any atom is 0.302 e. The number of carbonyl (C=O) groups excluding carboxylic acids is 1. The second kappa shape index (κ2) is 7.37. The summed E-state index contributed by atoms with van der Waals surface area (Å²) in [5.41, 5.74) is 1.98. The van der Waals surface area contributed by atoms with Gasteiger partial charge >= 0.3 is 5.97 Å². The summed E-state index contributed by atoms with van der Waals surface area (Å²) in [6.45, 7) is 6.64. The topological polar surface area (TPSA) is 69.7 Å². The van der Waals surface area contributed by atoms with E-state index in [0.29, 0.717) is 29.8 Å². The van der Waals surface area contributed by atoms with Crippen LogP contribution in [0.1, 0.15) is 72.1 Å². The van der Waals surface area contributed by atoms with Crippen molar-refractivity contribution in [1.29, 1.82) is 0 Å². The number of ether oxygens (including phenoxy) is 1. The Morgan fingerprint density at radius 2 is 1.93 bits per heavy atom. The van der Waals surface area contributed by atoms with E-state index in [9.17, 15) is 13.2 Å². The van der Waals surface area contributed by atoms with Crippen LogP contribution in [0.15, 0.2) is 11.6 Å². The first kappa shape index (κ1) is 21.4. The van der Waals surface area contributed by atoms with E-state index in [1.54, 1.807) is 5.57 Å². The van der Waals surface area contributed by atoms with Gasteiger partial charge in [-0.3, -0.25) is 8.98 Å². The number of fused-ring (bicyclic) bond motifs is 5. The summed E-state index contributed by atoms with van der Waals surface area (Å²) in [6.07, 6.45) is 12.5. The summed E-state index contributed by atoms with van der Waals surface area (Å²) >= 11 is 0. The highest BCUT2D eigenvalue weighted by Crippen LogP contribution is 2.66. The first-order valence-electron chi connectivity index (χ1n) is 11.2. The lowest BCUT2D eigenvalue weighted by molar-refractivity contribution is -0.155. The zero-order chi connectivity index (χ0) is 21.0. The molecule has 164 valence electrons. The molecule has 3 fully saturated rings. The molecule has 5 nitrogen and oxygen atoms in total. The summed E-state index contributed by atoms with van der Waals surface area (Å²) in [5.74, 6) is 2.05. The van der Waals surface area contributed by atoms with Gasteiger partial charge in [0.1, 0.15) is 6.10 Å². The first-order valence-corrected chi connectivity index (χ1v) is 13.1. The minimum Gasteiger partial charge on any atom is -0.463 e. The van der Waals surface area contributed by atoms with E-state index in [1.165, 1.54) is 26.2 Å². The molecule has 0 spiro atoms. The van der Waals surface area contributed by atoms with Gasteiger partial charge < -0.3 is 4.74 Å². The highest BCUT2D eigenvalue weighted by Gasteiger charge is 2.57. The molecule has 0 aromatic carbocycles. The van der Waals surface area contributed by atoms with Crippen molar-refractivity contribution in [3.8, 4) is 0 Å². The normalized spacial score (nSPS) is 44.3. The average Bonchev–Trinajstić information content (AvgIpc) is 2.95. The Morgan fingerprint density at radius 3 is 2.62 bits per heavy atom. The minimum atomic E-state index is -3.40. The van der Waals surface area contributed by atoms with Gasteiger partial charge in [-0.2, -0.15) is 8.42 Å². The summed E-state index contributed by atoms with van der Waals surface area (Å²) in [7, 11) is -3.40. The average molecular weight is 425 g/mol. The summed E-state index contributed by atoms with van der Waals surface area (Å²) in [5, 5.41) is 0. The Bertz CT molecular complexity index is 802. The second-order valence-electron chi connectivity index (χ2n) is 10.5. The van der Waals surface area contributed by atoms with Crippen molar-refractivity contribution in [3.05, 3.63) is 11.6 Å². The van der Waals surface area contributed by atoms with Crippen molar-refractivity contribution < 1.29 is 22.1 Å². The largest absolute Gasteiger partial charge is 0.463 e. The Hall–Kier alpha value is -0.880. The predicted molar refractivity (Wildman–Crippen MR) is 112 cm³/mol. The second-order valence-corrected chi connectivity index (χ2v) is 12.2. The van der Waals surface area contributed by atoms with Crippen LogP contribution in [0.2, 0.25) is 0 Å². The molecule has 29 heavy (non-hydrogen) atoms. The van der Waals surface area contributed by atoms with Crippen LogP contribution in [0, 0.1) is 34.5 Å². The lowest BCUT2D eigenvalue weighted by Crippen LogP contribution is -2.52. The molecule has 0 aliphatic heterocycles. The van der Waals surface area contributed by atoms with E-state index in [1.807, 2.05) is 0 Å². The van der Waals surface area contributed by atoms with Crippen LogP contribution < -0.4 is 0 Å². The van der Waals surface area contributed by atoms with Gasteiger partial charge in [0.25, 0.3) is 10.1 Å². The van der Waals surface area contributed by atoms with Crippen LogP contribution >= 0.6 is 0 Å². The number of allylic oxidation sites excluding steroid dienone is 2. The molecule has 0 bridgehead atoms. The number of carbonyl (C=O) groups is 1. The number of hydrogen-bond acceptors (Lipinski definition) is 5. The molecule has 0 radical (unpaired) electrons. The van der Waals surface area contributed by atoms with Gasteiger partial charge in [0.15, 0.2) is 0 Å². The Morgan fingerprint density at radius 1 is 1.17 bits per heavy atom. The molecular weight excluding hydrogens is 388 g/mol. The molecule has 6 heteroatoms. The summed E-state index contributed by atoms with van der Waals surface area (Å²) < 4.78 is 33.8. The van der Waals surface area contributed by atoms with E-state index in [0.717, 1.165) is 38.4 Å². The standard InChI is InChI=1S/C23H36O5S/c1-15(24)28-18-9-11-22(2)16(13-18)5-7-19-20-8-6-17(14-27-29(4,25)26)23(20,3)12-10-21(19)22/h8,16-19,21H,5-7,9-14H2,1-4H3/t16-,17-,18+,19+,21+,22+,23-/m1/s1. The van der Waals surface area contributed by atoms with Crippen LogP contribution in [0.3, 0.4) is 0 Å². The number of esters is 1. The lowest BCUT2D eigenvalue weighted by atomic mass is 9.46. The minimum absolute atomic E-state index is 0.0734. The molecule has 0 amide bonds. The Labute approximate surface area is 175 Å². The van der Waals surface area contributed by atoms with Crippen molar-refractivity contribution in [2.24, 2.45) is 34.5 Å². The van der Waals surface area contributed by atoms with Gasteiger partial charge in [0.2, 0.25) is 0 Å². The van der Waals surface area contributed by atoms with E-state index in [4.69, 9.17) is 8.92 Å². The third-order valence-electron chi connectivity index (χ3n) is 9.02. The third-order valence-corrected chi connectivity index (χ3v) is 9.58. The van der Waals surface area contributed by atoms with Gasteiger partial charge in [-0.25, -0.2) is 0 Å². The molecule has 0 aromatic rings. The quantitative estimate of drug-likeness (QED) is 0.378. The maximum atomic E-state index is 11.5. The predicted octanol–water partition coefficient (Wildman–Crippen LogP) is 4.47. The van der Waals surface area contributed by atoms with Crippen LogP contribution in [-0.4, -0.2) is 33.4 Å². The molecular formula is C23H36O5S. The van der Waals surface area contributed by atoms with Crippen LogP contribution in [0.4, 0.5) is 0 Å². The van der Waals surface area contributed by atoms with Crippen molar-refractivity contribution in [2.45, 2.75) is 78.2 Å². The van der Waals surface area contributed by atoms with Crippen molar-refractivity contribution in [3.63, 3.8) is 0 Å². The monoisotopic (exact) mass is 424 g/mol. The zero-order valence-electron chi connectivity index (χ0n) is 18.3. The molecule has 4 aliphatic carbocycles. The van der Waals surface area contributed by atoms with Gasteiger partial charge in [-0.1, -0.05) is 25.5 Å². The fourth-order valence-electron chi connectivity index (χ4n) is 7.44. The van der Waals surface area contributed by atoms with E-state index >= 15 is 0 Å². The maximum absolute atomic E-state index is 11.5. The Balaban J connectivity index is 1.49. The fourth-order valence-corrected chi connectivity index (χ4v) is 7.85. The van der Waals surface area contributed by atoms with E-state index < -0.39 is 10.1 Å². The van der Waals surface area contributed by atoms with E-state index in [2.05, 4.69) is 19.9 Å². The van der Waals surface area contributed by atoms with Gasteiger partial charge in [0, 0.05) is 6.92 Å². The summed E-state index contributed by atoms with van der Waals surface area (Å²) in [6, 6.07) is 0. The van der Waals surface area contributed by atoms with Gasteiger partial charge in [-0.05, 0) is 85.9 Å². The first-order chi connectivity index (χ1) is 13.5. The zero-order valence-corrected chi connectivity index (χ0v) is 19.1. The highest BCUT2D eigenvalue weighted by molar-refractivity contribution is 7.85.